The number of hydrogen-bond donors (Lipinski definition) is 0. The Hall–Kier alpha value is -2.21. The summed E-state index contributed by atoms with van der Waals surface area (Å²) in [4.78, 5) is 33.1. The minimum absolute atomic E-state index is 0.0379. The maximum Gasteiger partial charge on any atom is 0.254 e. The number of hydrogen-bond acceptors (Lipinski definition) is 4. The standard InChI is InChI=1S/C20H27N3O3/c1-2-19(24)22-12-13-26-18(15-22)20(25)23(17-9-4-3-5-10-17)14-16-8-6-7-11-21-16/h2,6-8,11,17-18H,1,3-5,9-10,12-15H2. The van der Waals surface area contributed by atoms with Gasteiger partial charge in [-0.2, -0.15) is 0 Å². The Balaban J connectivity index is 1.75. The molecule has 1 saturated heterocycles. The summed E-state index contributed by atoms with van der Waals surface area (Å²) in [5, 5.41) is 0. The van der Waals surface area contributed by atoms with Crippen LogP contribution in [0.25, 0.3) is 0 Å². The van der Waals surface area contributed by atoms with Crippen molar-refractivity contribution in [2.45, 2.75) is 50.8 Å². The number of morpholine rings is 1. The van der Waals surface area contributed by atoms with Gasteiger partial charge in [0.1, 0.15) is 0 Å². The lowest BCUT2D eigenvalue weighted by molar-refractivity contribution is -0.156. The Bertz CT molecular complexity index is 628. The number of pyridine rings is 1. The van der Waals surface area contributed by atoms with Crippen molar-refractivity contribution in [2.75, 3.05) is 19.7 Å². The van der Waals surface area contributed by atoms with Gasteiger partial charge in [0.15, 0.2) is 6.10 Å². The molecule has 26 heavy (non-hydrogen) atoms. The molecule has 0 bridgehead atoms. The second kappa shape index (κ2) is 8.94. The molecule has 1 aliphatic carbocycles. The number of carbonyl (C=O) groups excluding carboxylic acids is 2. The topological polar surface area (TPSA) is 62.7 Å². The number of ether oxygens (including phenoxy) is 1. The van der Waals surface area contributed by atoms with Gasteiger partial charge >= 0.3 is 0 Å². The molecule has 1 saturated carbocycles. The van der Waals surface area contributed by atoms with Crippen LogP contribution in [0.4, 0.5) is 0 Å². The summed E-state index contributed by atoms with van der Waals surface area (Å²) in [6.07, 6.45) is 7.97. The summed E-state index contributed by atoms with van der Waals surface area (Å²) in [6.45, 7) is 5.18. The molecule has 0 aromatic carbocycles. The maximum absolute atomic E-state index is 13.3. The summed E-state index contributed by atoms with van der Waals surface area (Å²) in [7, 11) is 0. The fourth-order valence-corrected chi connectivity index (χ4v) is 3.76. The largest absolute Gasteiger partial charge is 0.365 e. The molecular weight excluding hydrogens is 330 g/mol. The number of aromatic nitrogens is 1. The molecule has 6 nitrogen and oxygen atoms in total. The van der Waals surface area contributed by atoms with E-state index in [1.165, 1.54) is 12.5 Å². The van der Waals surface area contributed by atoms with Gasteiger partial charge in [-0.3, -0.25) is 14.6 Å². The van der Waals surface area contributed by atoms with Crippen LogP contribution in [0.15, 0.2) is 37.1 Å². The normalized spacial score (nSPS) is 21.2. The van der Waals surface area contributed by atoms with Crippen LogP contribution in [-0.4, -0.2) is 58.4 Å². The minimum Gasteiger partial charge on any atom is -0.365 e. The SMILES string of the molecule is C=CC(=O)N1CCOC(C(=O)N(Cc2ccccn2)C2CCCCC2)C1. The van der Waals surface area contributed by atoms with E-state index < -0.39 is 6.10 Å². The molecule has 6 heteroatoms. The van der Waals surface area contributed by atoms with Gasteiger partial charge < -0.3 is 14.5 Å². The van der Waals surface area contributed by atoms with Gasteiger partial charge in [0.05, 0.1) is 25.4 Å². The molecule has 2 amide bonds. The Labute approximate surface area is 154 Å². The highest BCUT2D eigenvalue weighted by Gasteiger charge is 2.35. The second-order valence-electron chi connectivity index (χ2n) is 6.93. The van der Waals surface area contributed by atoms with Gasteiger partial charge in [-0.15, -0.1) is 0 Å². The summed E-state index contributed by atoms with van der Waals surface area (Å²) < 4.78 is 5.73. The second-order valence-corrected chi connectivity index (χ2v) is 6.93. The minimum atomic E-state index is -0.613. The fourth-order valence-electron chi connectivity index (χ4n) is 3.76. The zero-order chi connectivity index (χ0) is 18.4. The molecule has 3 rings (SSSR count). The molecule has 1 atom stereocenters. The monoisotopic (exact) mass is 357 g/mol. The van der Waals surface area contributed by atoms with E-state index in [2.05, 4.69) is 11.6 Å². The smallest absolute Gasteiger partial charge is 0.254 e. The first kappa shape index (κ1) is 18.6. The third-order valence-corrected chi connectivity index (χ3v) is 5.19. The number of carbonyl (C=O) groups is 2. The van der Waals surface area contributed by atoms with Crippen molar-refractivity contribution >= 4 is 11.8 Å². The number of nitrogens with zero attached hydrogens (tertiary/aromatic N) is 3. The van der Waals surface area contributed by atoms with E-state index in [0.29, 0.717) is 19.7 Å². The molecule has 2 heterocycles. The molecule has 1 aliphatic heterocycles. The van der Waals surface area contributed by atoms with Crippen LogP contribution in [0.5, 0.6) is 0 Å². The van der Waals surface area contributed by atoms with Crippen LogP contribution >= 0.6 is 0 Å². The zero-order valence-corrected chi connectivity index (χ0v) is 15.2. The summed E-state index contributed by atoms with van der Waals surface area (Å²) in [6, 6.07) is 5.97. The lowest BCUT2D eigenvalue weighted by atomic mass is 9.93. The molecule has 2 aliphatic rings. The van der Waals surface area contributed by atoms with Crippen molar-refractivity contribution < 1.29 is 14.3 Å². The molecule has 0 N–H and O–H groups in total. The van der Waals surface area contributed by atoms with Gasteiger partial charge in [0.25, 0.3) is 5.91 Å². The van der Waals surface area contributed by atoms with Gasteiger partial charge in [-0.05, 0) is 31.1 Å². The number of rotatable bonds is 5. The van der Waals surface area contributed by atoms with E-state index in [-0.39, 0.29) is 24.4 Å². The van der Waals surface area contributed by atoms with E-state index in [9.17, 15) is 9.59 Å². The zero-order valence-electron chi connectivity index (χ0n) is 15.2. The predicted molar refractivity (Wildman–Crippen MR) is 98.2 cm³/mol. The van der Waals surface area contributed by atoms with Crippen LogP contribution in [0.2, 0.25) is 0 Å². The highest BCUT2D eigenvalue weighted by molar-refractivity contribution is 5.88. The average molecular weight is 357 g/mol. The van der Waals surface area contributed by atoms with Crippen LogP contribution in [-0.2, 0) is 20.9 Å². The summed E-state index contributed by atoms with van der Waals surface area (Å²) in [5.74, 6) is -0.191. The van der Waals surface area contributed by atoms with Crippen molar-refractivity contribution in [3.05, 3.63) is 42.7 Å². The van der Waals surface area contributed by atoms with Crippen molar-refractivity contribution in [3.63, 3.8) is 0 Å². The van der Waals surface area contributed by atoms with E-state index >= 15 is 0 Å². The molecule has 140 valence electrons. The Morgan fingerprint density at radius 2 is 2.12 bits per heavy atom. The molecule has 2 fully saturated rings. The Morgan fingerprint density at radius 1 is 1.31 bits per heavy atom. The quantitative estimate of drug-likeness (QED) is 0.758. The molecule has 1 unspecified atom stereocenters. The van der Waals surface area contributed by atoms with Crippen LogP contribution in [0.3, 0.4) is 0 Å². The molecule has 0 spiro atoms. The maximum atomic E-state index is 13.3. The third kappa shape index (κ3) is 4.49. The Kier molecular flexibility index (Phi) is 6.39. The summed E-state index contributed by atoms with van der Waals surface area (Å²) >= 11 is 0. The first-order chi connectivity index (χ1) is 12.7. The number of amides is 2. The predicted octanol–water partition coefficient (Wildman–Crippen LogP) is 2.16. The van der Waals surface area contributed by atoms with Gasteiger partial charge in [0.2, 0.25) is 5.91 Å². The third-order valence-electron chi connectivity index (χ3n) is 5.19. The molecule has 1 aromatic rings. The Morgan fingerprint density at radius 3 is 2.81 bits per heavy atom. The van der Waals surface area contributed by atoms with Gasteiger partial charge in [-0.25, -0.2) is 0 Å². The highest BCUT2D eigenvalue weighted by atomic mass is 16.5. The van der Waals surface area contributed by atoms with Crippen molar-refractivity contribution in [2.24, 2.45) is 0 Å². The van der Waals surface area contributed by atoms with E-state index in [0.717, 1.165) is 31.4 Å². The van der Waals surface area contributed by atoms with Crippen LogP contribution in [0, 0.1) is 0 Å². The fraction of sp³-hybridized carbons (Fsp3) is 0.550. The van der Waals surface area contributed by atoms with Gasteiger partial charge in [-0.1, -0.05) is 31.9 Å². The van der Waals surface area contributed by atoms with E-state index in [4.69, 9.17) is 4.74 Å². The van der Waals surface area contributed by atoms with Crippen LogP contribution in [0.1, 0.15) is 37.8 Å². The highest BCUT2D eigenvalue weighted by Crippen LogP contribution is 2.25. The van der Waals surface area contributed by atoms with E-state index in [1.807, 2.05) is 23.1 Å². The molecule has 1 aromatic heterocycles. The summed E-state index contributed by atoms with van der Waals surface area (Å²) in [5.41, 5.74) is 0.876. The van der Waals surface area contributed by atoms with Gasteiger partial charge in [0, 0.05) is 18.8 Å². The lowest BCUT2D eigenvalue weighted by Gasteiger charge is -2.39. The lowest BCUT2D eigenvalue weighted by Crippen LogP contribution is -2.54. The molecule has 0 radical (unpaired) electrons. The first-order valence-electron chi connectivity index (χ1n) is 9.42. The first-order valence-corrected chi connectivity index (χ1v) is 9.42. The molecular formula is C20H27N3O3. The van der Waals surface area contributed by atoms with Crippen molar-refractivity contribution in [1.82, 2.24) is 14.8 Å². The van der Waals surface area contributed by atoms with Crippen LogP contribution < -0.4 is 0 Å². The van der Waals surface area contributed by atoms with Crippen molar-refractivity contribution in [3.8, 4) is 0 Å². The van der Waals surface area contributed by atoms with Crippen molar-refractivity contribution in [1.29, 1.82) is 0 Å². The average Bonchev–Trinajstić information content (AvgIpc) is 2.72. The van der Waals surface area contributed by atoms with E-state index in [1.54, 1.807) is 11.1 Å².